The molecule has 3 aromatic rings. The van der Waals surface area contributed by atoms with Gasteiger partial charge in [-0.15, -0.1) is 0 Å². The van der Waals surface area contributed by atoms with Crippen LogP contribution in [0, 0.1) is 6.92 Å². The van der Waals surface area contributed by atoms with E-state index in [1.165, 1.54) is 19.2 Å². The van der Waals surface area contributed by atoms with Crippen molar-refractivity contribution in [2.45, 2.75) is 18.4 Å². The topological polar surface area (TPSA) is 79.0 Å². The summed E-state index contributed by atoms with van der Waals surface area (Å²) >= 11 is 0. The number of ether oxygens (including phenoxy) is 1. The molecule has 1 amide bonds. The maximum Gasteiger partial charge on any atom is 0.261 e. The summed E-state index contributed by atoms with van der Waals surface area (Å²) in [5.41, 5.74) is 3.42. The van der Waals surface area contributed by atoms with E-state index in [4.69, 9.17) is 4.74 Å². The number of methoxy groups -OCH3 is 1. The highest BCUT2D eigenvalue weighted by molar-refractivity contribution is 7.92. The Bertz CT molecular complexity index is 1230. The number of carbonyl (C=O) groups is 1. The molecule has 7 nitrogen and oxygen atoms in total. The molecule has 1 aliphatic rings. The van der Waals surface area contributed by atoms with Gasteiger partial charge in [0.2, 0.25) is 0 Å². The van der Waals surface area contributed by atoms with Crippen LogP contribution in [0.1, 0.15) is 21.5 Å². The van der Waals surface area contributed by atoms with Gasteiger partial charge in [0.15, 0.2) is 0 Å². The summed E-state index contributed by atoms with van der Waals surface area (Å²) in [4.78, 5) is 17.1. The maximum atomic E-state index is 12.7. The molecule has 178 valence electrons. The molecular weight excluding hydrogens is 450 g/mol. The molecule has 3 aromatic carbocycles. The van der Waals surface area contributed by atoms with Crippen molar-refractivity contribution in [2.24, 2.45) is 0 Å². The number of benzene rings is 3. The molecule has 1 fully saturated rings. The Morgan fingerprint density at radius 2 is 1.62 bits per heavy atom. The lowest BCUT2D eigenvalue weighted by Gasteiger charge is -2.34. The second kappa shape index (κ2) is 10.3. The lowest BCUT2D eigenvalue weighted by atomic mass is 10.1. The monoisotopic (exact) mass is 479 g/mol. The van der Waals surface area contributed by atoms with Crippen molar-refractivity contribution in [3.8, 4) is 5.75 Å². The molecule has 0 atom stereocenters. The largest absolute Gasteiger partial charge is 0.497 e. The first-order chi connectivity index (χ1) is 16.3. The summed E-state index contributed by atoms with van der Waals surface area (Å²) in [5, 5.41) is 0. The zero-order valence-electron chi connectivity index (χ0n) is 19.4. The minimum absolute atomic E-state index is 0.0804. The van der Waals surface area contributed by atoms with Crippen molar-refractivity contribution in [1.82, 2.24) is 9.80 Å². The SMILES string of the molecule is COc1ccc(S(=O)(=O)Nc2ccc(CN3CCN(C(=O)c4cccc(C)c4)CC3)cc2)cc1. The van der Waals surface area contributed by atoms with Crippen molar-refractivity contribution in [3.05, 3.63) is 89.5 Å². The van der Waals surface area contributed by atoms with Gasteiger partial charge in [0.1, 0.15) is 5.75 Å². The van der Waals surface area contributed by atoms with Crippen LogP contribution in [0.4, 0.5) is 5.69 Å². The smallest absolute Gasteiger partial charge is 0.261 e. The third kappa shape index (κ3) is 5.76. The average molecular weight is 480 g/mol. The van der Waals surface area contributed by atoms with E-state index in [0.29, 0.717) is 24.5 Å². The number of nitrogens with one attached hydrogen (secondary N) is 1. The van der Waals surface area contributed by atoms with Crippen LogP contribution in [0.5, 0.6) is 5.75 Å². The molecular formula is C26H29N3O4S. The number of hydrogen-bond donors (Lipinski definition) is 1. The van der Waals surface area contributed by atoms with Gasteiger partial charge in [-0.1, -0.05) is 29.8 Å². The summed E-state index contributed by atoms with van der Waals surface area (Å²) in [5.74, 6) is 0.681. The van der Waals surface area contributed by atoms with Crippen LogP contribution in [0.3, 0.4) is 0 Å². The second-order valence-electron chi connectivity index (χ2n) is 8.42. The van der Waals surface area contributed by atoms with E-state index in [1.807, 2.05) is 48.2 Å². The lowest BCUT2D eigenvalue weighted by Crippen LogP contribution is -2.48. The average Bonchev–Trinajstić information content (AvgIpc) is 2.85. The Morgan fingerprint density at radius 1 is 0.941 bits per heavy atom. The number of anilines is 1. The Kier molecular flexibility index (Phi) is 7.19. The van der Waals surface area contributed by atoms with Crippen LogP contribution in [0.2, 0.25) is 0 Å². The van der Waals surface area contributed by atoms with E-state index in [9.17, 15) is 13.2 Å². The number of amides is 1. The third-order valence-corrected chi connectivity index (χ3v) is 7.30. The first-order valence-electron chi connectivity index (χ1n) is 11.2. The zero-order chi connectivity index (χ0) is 24.1. The second-order valence-corrected chi connectivity index (χ2v) is 10.1. The van der Waals surface area contributed by atoms with Crippen LogP contribution in [0.15, 0.2) is 77.7 Å². The molecule has 0 saturated carbocycles. The third-order valence-electron chi connectivity index (χ3n) is 5.91. The summed E-state index contributed by atoms with van der Waals surface area (Å²) in [6.07, 6.45) is 0. The fraction of sp³-hybridized carbons (Fsp3) is 0.269. The number of piperazine rings is 1. The molecule has 1 heterocycles. The highest BCUT2D eigenvalue weighted by Gasteiger charge is 2.22. The Labute approximate surface area is 201 Å². The van der Waals surface area contributed by atoms with Crippen LogP contribution in [-0.4, -0.2) is 57.4 Å². The summed E-state index contributed by atoms with van der Waals surface area (Å²) in [7, 11) is -2.14. The van der Waals surface area contributed by atoms with Crippen molar-refractivity contribution in [3.63, 3.8) is 0 Å². The predicted molar refractivity (Wildman–Crippen MR) is 133 cm³/mol. The van der Waals surface area contributed by atoms with Crippen LogP contribution < -0.4 is 9.46 Å². The summed E-state index contributed by atoms with van der Waals surface area (Å²) in [6, 6.07) is 21.4. The van der Waals surface area contributed by atoms with Gasteiger partial charge in [-0.3, -0.25) is 14.4 Å². The Morgan fingerprint density at radius 3 is 2.24 bits per heavy atom. The molecule has 0 bridgehead atoms. The fourth-order valence-electron chi connectivity index (χ4n) is 3.98. The summed E-state index contributed by atoms with van der Waals surface area (Å²) < 4.78 is 32.9. The number of carbonyl (C=O) groups excluding carboxylic acids is 1. The summed E-state index contributed by atoms with van der Waals surface area (Å²) in [6.45, 7) is 5.70. The molecule has 1 saturated heterocycles. The van der Waals surface area contributed by atoms with Gasteiger partial charge in [0, 0.05) is 44.0 Å². The Hall–Kier alpha value is -3.36. The molecule has 0 radical (unpaired) electrons. The minimum atomic E-state index is -3.67. The fourth-order valence-corrected chi connectivity index (χ4v) is 5.03. The lowest BCUT2D eigenvalue weighted by molar-refractivity contribution is 0.0628. The molecule has 4 rings (SSSR count). The maximum absolute atomic E-state index is 12.7. The quantitative estimate of drug-likeness (QED) is 0.558. The number of sulfonamides is 1. The van der Waals surface area contributed by atoms with E-state index in [2.05, 4.69) is 9.62 Å². The van der Waals surface area contributed by atoms with Gasteiger partial charge in [0.25, 0.3) is 15.9 Å². The van der Waals surface area contributed by atoms with Gasteiger partial charge in [-0.2, -0.15) is 0 Å². The molecule has 1 N–H and O–H groups in total. The molecule has 0 aromatic heterocycles. The minimum Gasteiger partial charge on any atom is -0.497 e. The highest BCUT2D eigenvalue weighted by atomic mass is 32.2. The van der Waals surface area contributed by atoms with E-state index in [0.717, 1.165) is 36.3 Å². The molecule has 0 spiro atoms. The number of rotatable bonds is 7. The van der Waals surface area contributed by atoms with E-state index in [-0.39, 0.29) is 10.8 Å². The number of nitrogens with zero attached hydrogens (tertiary/aromatic N) is 2. The van der Waals surface area contributed by atoms with Crippen molar-refractivity contribution >= 4 is 21.6 Å². The highest BCUT2D eigenvalue weighted by Crippen LogP contribution is 2.20. The van der Waals surface area contributed by atoms with Crippen LogP contribution >= 0.6 is 0 Å². The number of hydrogen-bond acceptors (Lipinski definition) is 5. The van der Waals surface area contributed by atoms with Gasteiger partial charge in [-0.05, 0) is 61.0 Å². The standard InChI is InChI=1S/C26H29N3O4S/c1-20-4-3-5-22(18-20)26(30)29-16-14-28(15-17-29)19-21-6-8-23(9-7-21)27-34(31,32)25-12-10-24(33-2)11-13-25/h3-13,18,27H,14-17,19H2,1-2H3. The van der Waals surface area contributed by atoms with E-state index < -0.39 is 10.0 Å². The predicted octanol–water partition coefficient (Wildman–Crippen LogP) is 3.76. The van der Waals surface area contributed by atoms with Crippen molar-refractivity contribution in [1.29, 1.82) is 0 Å². The van der Waals surface area contributed by atoms with Gasteiger partial charge in [0.05, 0.1) is 12.0 Å². The van der Waals surface area contributed by atoms with Crippen molar-refractivity contribution in [2.75, 3.05) is 38.0 Å². The van der Waals surface area contributed by atoms with E-state index >= 15 is 0 Å². The van der Waals surface area contributed by atoms with Crippen LogP contribution in [0.25, 0.3) is 0 Å². The Balaban J connectivity index is 1.30. The molecule has 0 aliphatic carbocycles. The normalized spacial score (nSPS) is 14.6. The van der Waals surface area contributed by atoms with Gasteiger partial charge >= 0.3 is 0 Å². The number of aryl methyl sites for hydroxylation is 1. The van der Waals surface area contributed by atoms with Gasteiger partial charge < -0.3 is 9.64 Å². The molecule has 8 heteroatoms. The van der Waals surface area contributed by atoms with Crippen LogP contribution in [-0.2, 0) is 16.6 Å². The molecule has 1 aliphatic heterocycles. The van der Waals surface area contributed by atoms with Crippen molar-refractivity contribution < 1.29 is 17.9 Å². The van der Waals surface area contributed by atoms with E-state index in [1.54, 1.807) is 24.3 Å². The zero-order valence-corrected chi connectivity index (χ0v) is 20.2. The first-order valence-corrected chi connectivity index (χ1v) is 12.7. The first kappa shape index (κ1) is 23.8. The molecule has 34 heavy (non-hydrogen) atoms. The van der Waals surface area contributed by atoms with Gasteiger partial charge in [-0.25, -0.2) is 8.42 Å². The molecule has 0 unspecified atom stereocenters.